The van der Waals surface area contributed by atoms with Gasteiger partial charge in [0.25, 0.3) is 0 Å². The van der Waals surface area contributed by atoms with Gasteiger partial charge in [0.15, 0.2) is 11.6 Å². The zero-order valence-corrected chi connectivity index (χ0v) is 13.4. The molecule has 1 aromatic heterocycles. The predicted octanol–water partition coefficient (Wildman–Crippen LogP) is 2.50. The number of nitrogens with one attached hydrogen (secondary N) is 1. The van der Waals surface area contributed by atoms with Gasteiger partial charge in [0.05, 0.1) is 6.20 Å². The van der Waals surface area contributed by atoms with Crippen LogP contribution in [0, 0.1) is 5.82 Å². The average Bonchev–Trinajstić information content (AvgIpc) is 3.04. The molecule has 3 rings (SSSR count). The van der Waals surface area contributed by atoms with Crippen LogP contribution >= 0.6 is 0 Å². The molecule has 1 atom stereocenters. The van der Waals surface area contributed by atoms with Gasteiger partial charge in [0.1, 0.15) is 0 Å². The number of hydrogen-bond acceptors (Lipinski definition) is 5. The van der Waals surface area contributed by atoms with Crippen LogP contribution in [-0.2, 0) is 0 Å². The molecule has 0 radical (unpaired) electrons. The average molecular weight is 307 g/mol. The third-order valence-corrected chi connectivity index (χ3v) is 4.51. The fourth-order valence-corrected chi connectivity index (χ4v) is 3.45. The molecular formula is C16H26FN5. The number of anilines is 2. The van der Waals surface area contributed by atoms with Crippen LogP contribution in [0.15, 0.2) is 6.20 Å². The van der Waals surface area contributed by atoms with Crippen LogP contribution in [0.25, 0.3) is 0 Å². The fraction of sp³-hybridized carbons (Fsp3) is 0.750. The highest BCUT2D eigenvalue weighted by atomic mass is 19.1. The van der Waals surface area contributed by atoms with Crippen LogP contribution < -0.4 is 10.2 Å². The van der Waals surface area contributed by atoms with E-state index in [4.69, 9.17) is 0 Å². The second-order valence-electron chi connectivity index (χ2n) is 6.34. The van der Waals surface area contributed by atoms with Crippen molar-refractivity contribution < 1.29 is 4.39 Å². The quantitative estimate of drug-likeness (QED) is 0.905. The molecule has 2 aliphatic heterocycles. The van der Waals surface area contributed by atoms with Crippen LogP contribution in [0.3, 0.4) is 0 Å². The van der Waals surface area contributed by atoms with Gasteiger partial charge in [-0.05, 0) is 45.2 Å². The van der Waals surface area contributed by atoms with E-state index < -0.39 is 0 Å². The zero-order valence-electron chi connectivity index (χ0n) is 13.4. The molecule has 22 heavy (non-hydrogen) atoms. The number of nitrogens with zero attached hydrogens (tertiary/aromatic N) is 4. The SMILES string of the molecule is CCCN1CCCC(Nc2ncc(F)c(N3CCCC3)n2)C1. The van der Waals surface area contributed by atoms with Gasteiger partial charge in [-0.25, -0.2) is 9.37 Å². The van der Waals surface area contributed by atoms with Gasteiger partial charge in [-0.15, -0.1) is 0 Å². The Morgan fingerprint density at radius 3 is 2.86 bits per heavy atom. The molecule has 2 aliphatic rings. The molecule has 3 heterocycles. The van der Waals surface area contributed by atoms with E-state index in [0.29, 0.717) is 17.8 Å². The summed E-state index contributed by atoms with van der Waals surface area (Å²) in [7, 11) is 0. The molecule has 0 saturated carbocycles. The van der Waals surface area contributed by atoms with Crippen molar-refractivity contribution >= 4 is 11.8 Å². The maximum absolute atomic E-state index is 14.0. The molecule has 6 heteroatoms. The highest BCUT2D eigenvalue weighted by Gasteiger charge is 2.22. The van der Waals surface area contributed by atoms with Crippen LogP contribution in [0.4, 0.5) is 16.2 Å². The van der Waals surface area contributed by atoms with Gasteiger partial charge in [-0.3, -0.25) is 0 Å². The van der Waals surface area contributed by atoms with Crippen molar-refractivity contribution in [1.29, 1.82) is 0 Å². The standard InChI is InChI=1S/C16H26FN5/c1-2-7-21-8-5-6-13(12-21)19-16-18-11-14(17)15(20-16)22-9-3-4-10-22/h11,13H,2-10,12H2,1H3,(H,18,19,20). The Bertz CT molecular complexity index is 487. The molecule has 0 amide bonds. The number of aromatic nitrogens is 2. The lowest BCUT2D eigenvalue weighted by Crippen LogP contribution is -2.42. The van der Waals surface area contributed by atoms with Crippen molar-refractivity contribution in [3.63, 3.8) is 0 Å². The maximum Gasteiger partial charge on any atom is 0.225 e. The summed E-state index contributed by atoms with van der Waals surface area (Å²) in [6.45, 7) is 7.33. The Kier molecular flexibility index (Phi) is 5.08. The normalized spacial score (nSPS) is 23.0. The van der Waals surface area contributed by atoms with Gasteiger partial charge in [0, 0.05) is 25.7 Å². The molecule has 0 aromatic carbocycles. The molecule has 0 bridgehead atoms. The first-order valence-electron chi connectivity index (χ1n) is 8.52. The highest BCUT2D eigenvalue weighted by molar-refractivity contribution is 5.45. The summed E-state index contributed by atoms with van der Waals surface area (Å²) >= 11 is 0. The van der Waals surface area contributed by atoms with Gasteiger partial charge < -0.3 is 15.1 Å². The summed E-state index contributed by atoms with van der Waals surface area (Å²) in [5.74, 6) is 0.701. The molecule has 2 fully saturated rings. The minimum atomic E-state index is -0.316. The summed E-state index contributed by atoms with van der Waals surface area (Å²) in [5.41, 5.74) is 0. The van der Waals surface area contributed by atoms with Crippen molar-refractivity contribution in [2.45, 2.75) is 45.1 Å². The van der Waals surface area contributed by atoms with E-state index in [9.17, 15) is 4.39 Å². The van der Waals surface area contributed by atoms with Crippen molar-refractivity contribution in [3.8, 4) is 0 Å². The number of rotatable bonds is 5. The summed E-state index contributed by atoms with van der Waals surface area (Å²) in [6, 6.07) is 0.359. The number of likely N-dealkylation sites (tertiary alicyclic amines) is 1. The first kappa shape index (κ1) is 15.5. The summed E-state index contributed by atoms with van der Waals surface area (Å²) in [4.78, 5) is 13.1. The molecule has 1 N–H and O–H groups in total. The van der Waals surface area contributed by atoms with E-state index in [0.717, 1.165) is 45.4 Å². The van der Waals surface area contributed by atoms with E-state index in [1.54, 1.807) is 0 Å². The van der Waals surface area contributed by atoms with E-state index >= 15 is 0 Å². The predicted molar refractivity (Wildman–Crippen MR) is 86.8 cm³/mol. The zero-order chi connectivity index (χ0) is 15.4. The molecule has 0 aliphatic carbocycles. The summed E-state index contributed by atoms with van der Waals surface area (Å²) in [5, 5.41) is 3.40. The maximum atomic E-state index is 14.0. The third-order valence-electron chi connectivity index (χ3n) is 4.51. The molecule has 122 valence electrons. The van der Waals surface area contributed by atoms with Gasteiger partial charge >= 0.3 is 0 Å². The first-order chi connectivity index (χ1) is 10.8. The number of hydrogen-bond donors (Lipinski definition) is 1. The topological polar surface area (TPSA) is 44.3 Å². The molecule has 0 spiro atoms. The lowest BCUT2D eigenvalue weighted by atomic mass is 10.1. The number of halogens is 1. The van der Waals surface area contributed by atoms with E-state index in [1.165, 1.54) is 25.6 Å². The van der Waals surface area contributed by atoms with Crippen LogP contribution in [0.5, 0.6) is 0 Å². The van der Waals surface area contributed by atoms with Crippen molar-refractivity contribution in [3.05, 3.63) is 12.0 Å². The Labute approximate surface area is 131 Å². The molecule has 1 aromatic rings. The van der Waals surface area contributed by atoms with E-state index in [2.05, 4.69) is 27.1 Å². The lowest BCUT2D eigenvalue weighted by Gasteiger charge is -2.33. The Morgan fingerprint density at radius 1 is 1.27 bits per heavy atom. The Hall–Kier alpha value is -1.43. The largest absolute Gasteiger partial charge is 0.354 e. The van der Waals surface area contributed by atoms with Crippen molar-refractivity contribution in [2.75, 3.05) is 42.9 Å². The molecular weight excluding hydrogens is 281 g/mol. The lowest BCUT2D eigenvalue weighted by molar-refractivity contribution is 0.216. The summed E-state index contributed by atoms with van der Waals surface area (Å²) < 4.78 is 14.0. The van der Waals surface area contributed by atoms with Crippen LogP contribution in [-0.4, -0.2) is 53.6 Å². The minimum absolute atomic E-state index is 0.316. The second-order valence-corrected chi connectivity index (χ2v) is 6.34. The van der Waals surface area contributed by atoms with Crippen molar-refractivity contribution in [1.82, 2.24) is 14.9 Å². The van der Waals surface area contributed by atoms with Crippen LogP contribution in [0.1, 0.15) is 39.0 Å². The van der Waals surface area contributed by atoms with E-state index in [1.807, 2.05) is 4.90 Å². The Balaban J connectivity index is 1.65. The van der Waals surface area contributed by atoms with Gasteiger partial charge in [0.2, 0.25) is 5.95 Å². The van der Waals surface area contributed by atoms with Gasteiger partial charge in [-0.1, -0.05) is 6.92 Å². The fourth-order valence-electron chi connectivity index (χ4n) is 3.45. The van der Waals surface area contributed by atoms with Crippen LogP contribution in [0.2, 0.25) is 0 Å². The monoisotopic (exact) mass is 307 g/mol. The first-order valence-corrected chi connectivity index (χ1v) is 8.52. The highest BCUT2D eigenvalue weighted by Crippen LogP contribution is 2.22. The molecule has 1 unspecified atom stereocenters. The minimum Gasteiger partial charge on any atom is -0.354 e. The second kappa shape index (κ2) is 7.22. The molecule has 2 saturated heterocycles. The Morgan fingerprint density at radius 2 is 2.09 bits per heavy atom. The van der Waals surface area contributed by atoms with Crippen molar-refractivity contribution in [2.24, 2.45) is 0 Å². The summed E-state index contributed by atoms with van der Waals surface area (Å²) in [6.07, 6.45) is 7.02. The smallest absolute Gasteiger partial charge is 0.225 e. The molecule has 5 nitrogen and oxygen atoms in total. The van der Waals surface area contributed by atoms with Gasteiger partial charge in [-0.2, -0.15) is 4.98 Å². The van der Waals surface area contributed by atoms with E-state index in [-0.39, 0.29) is 5.82 Å². The third kappa shape index (κ3) is 3.66. The number of piperidine rings is 1.